The summed E-state index contributed by atoms with van der Waals surface area (Å²) in [6.45, 7) is 26.0. The molecule has 0 saturated carbocycles. The number of carbonyl (C=O) groups is 1. The molecule has 0 aliphatic carbocycles. The lowest BCUT2D eigenvalue weighted by molar-refractivity contribution is -0.118. The van der Waals surface area contributed by atoms with Gasteiger partial charge in [0.15, 0.2) is 13.0 Å². The zero-order valence-electron chi connectivity index (χ0n) is 35.6. The molecule has 0 radical (unpaired) electrons. The molecule has 3 atom stereocenters. The number of allylic oxidation sites excluding steroid dienone is 1. The van der Waals surface area contributed by atoms with Gasteiger partial charge in [0, 0.05) is 69.9 Å². The van der Waals surface area contributed by atoms with E-state index in [2.05, 4.69) is 95.4 Å². The van der Waals surface area contributed by atoms with Crippen LogP contribution in [0.1, 0.15) is 76.3 Å². The molecule has 3 fully saturated rings. The van der Waals surface area contributed by atoms with Gasteiger partial charge in [-0.15, -0.1) is 6.42 Å². The summed E-state index contributed by atoms with van der Waals surface area (Å²) in [6.07, 6.45) is 11.4. The molecule has 316 valence electrons. The second-order valence-electron chi connectivity index (χ2n) is 16.9. The number of piperazine rings is 1. The van der Waals surface area contributed by atoms with Crippen LogP contribution in [0.15, 0.2) is 85.5 Å². The van der Waals surface area contributed by atoms with Gasteiger partial charge in [0.25, 0.3) is 0 Å². The van der Waals surface area contributed by atoms with Crippen LogP contribution in [0.25, 0.3) is 0 Å². The molecule has 0 spiro atoms. The van der Waals surface area contributed by atoms with Crippen molar-refractivity contribution >= 4 is 65.4 Å². The van der Waals surface area contributed by atoms with Crippen LogP contribution in [0.4, 0.5) is 31.5 Å². The molecule has 9 nitrogen and oxygen atoms in total. The van der Waals surface area contributed by atoms with Crippen molar-refractivity contribution < 1.29 is 13.6 Å². The molecule has 1 unspecified atom stereocenters. The number of thiocarbonyl (C=S) groups is 1. The number of carbonyl (C=O) groups excluding carboxylic acids is 1. The third-order valence-corrected chi connectivity index (χ3v) is 12.6. The molecule has 2 aromatic carbocycles. The number of hydrogen-bond acceptors (Lipinski definition) is 7. The topological polar surface area (TPSA) is 79.0 Å². The number of aromatic nitrogens is 1. The molecule has 3 N–H and O–H groups in total. The third-order valence-electron chi connectivity index (χ3n) is 12.0. The normalized spacial score (nSPS) is 21.2. The monoisotopic (exact) mass is 852 g/mol. The number of halogens is 3. The van der Waals surface area contributed by atoms with Crippen molar-refractivity contribution in [2.45, 2.75) is 96.2 Å². The molecule has 0 bridgehead atoms. The minimum atomic E-state index is -3.18. The van der Waals surface area contributed by atoms with Crippen LogP contribution in [-0.4, -0.2) is 83.5 Å². The molecule has 4 heterocycles. The average Bonchev–Trinajstić information content (AvgIpc) is 3.35. The third kappa shape index (κ3) is 9.73. The number of piperidine rings is 1. The molecular formula is C46H56BClF2N8OS. The quantitative estimate of drug-likeness (QED) is 0.0901. The Bertz CT molecular complexity index is 2240. The molecular weight excluding hydrogens is 797 g/mol. The smallest absolute Gasteiger partial charge is 0.238 e. The highest BCUT2D eigenvalue weighted by atomic mass is 35.5. The first-order valence-corrected chi connectivity index (χ1v) is 21.4. The van der Waals surface area contributed by atoms with Crippen molar-refractivity contribution in [2.75, 3.05) is 46.6 Å². The zero-order chi connectivity index (χ0) is 43.7. The van der Waals surface area contributed by atoms with Crippen molar-refractivity contribution in [1.29, 1.82) is 0 Å². The molecule has 6 rings (SSSR count). The minimum absolute atomic E-state index is 0.0362. The van der Waals surface area contributed by atoms with Gasteiger partial charge in [0.1, 0.15) is 5.69 Å². The summed E-state index contributed by atoms with van der Waals surface area (Å²) in [5.41, 5.74) is 6.68. The second-order valence-corrected chi connectivity index (χ2v) is 17.7. The van der Waals surface area contributed by atoms with Gasteiger partial charge in [-0.1, -0.05) is 44.3 Å². The first-order chi connectivity index (χ1) is 28.3. The van der Waals surface area contributed by atoms with E-state index >= 15 is 0 Å². The number of nitrogens with zero attached hydrogens (tertiary/aromatic N) is 5. The van der Waals surface area contributed by atoms with Crippen LogP contribution in [-0.2, 0) is 23.5 Å². The van der Waals surface area contributed by atoms with E-state index in [4.69, 9.17) is 30.2 Å². The van der Waals surface area contributed by atoms with E-state index in [1.807, 2.05) is 30.9 Å². The van der Waals surface area contributed by atoms with Gasteiger partial charge in [0.05, 0.1) is 30.0 Å². The van der Waals surface area contributed by atoms with Gasteiger partial charge in [-0.2, -0.15) is 0 Å². The number of benzene rings is 2. The number of terminal acetylenes is 1. The fourth-order valence-corrected chi connectivity index (χ4v) is 9.33. The average molecular weight is 853 g/mol. The maximum absolute atomic E-state index is 14.6. The number of hydrogen-bond donors (Lipinski definition) is 3. The first kappa shape index (κ1) is 44.8. The zero-order valence-corrected chi connectivity index (χ0v) is 37.2. The van der Waals surface area contributed by atoms with E-state index in [0.29, 0.717) is 33.8 Å². The molecule has 3 aliphatic rings. The molecule has 3 aromatic rings. The molecule has 3 aliphatic heterocycles. The number of alkyl halides is 2. The number of amides is 1. The Morgan fingerprint density at radius 3 is 2.47 bits per heavy atom. The van der Waals surface area contributed by atoms with Gasteiger partial charge in [-0.05, 0) is 132 Å². The van der Waals surface area contributed by atoms with Crippen LogP contribution in [0.2, 0.25) is 5.02 Å². The summed E-state index contributed by atoms with van der Waals surface area (Å²) in [7, 11) is 0.810. The van der Waals surface area contributed by atoms with Crippen LogP contribution >= 0.6 is 23.8 Å². The van der Waals surface area contributed by atoms with Crippen LogP contribution < -0.4 is 25.8 Å². The predicted octanol–water partition coefficient (Wildman–Crippen LogP) is 8.02. The van der Waals surface area contributed by atoms with Gasteiger partial charge in [-0.3, -0.25) is 19.5 Å². The van der Waals surface area contributed by atoms with E-state index in [-0.39, 0.29) is 35.3 Å². The SMILES string of the molecule is BC(F)(F)c1cc(N2C(=C)C(C)(C)N(c3ccc(CCCN4C[C@@H](C)N(CC(=O)Nc5cc(Cl)cc(NC6CCC(=C)NC6=C)c5)C[C@H]4C)c(CC)c3)C2=S)cnc1C#C. The van der Waals surface area contributed by atoms with Crippen molar-refractivity contribution in [1.82, 2.24) is 20.1 Å². The highest BCUT2D eigenvalue weighted by molar-refractivity contribution is 7.80. The molecule has 14 heteroatoms. The first-order valence-electron chi connectivity index (χ1n) is 20.6. The lowest BCUT2D eigenvalue weighted by Crippen LogP contribution is -2.57. The Labute approximate surface area is 365 Å². The van der Waals surface area contributed by atoms with Gasteiger partial charge >= 0.3 is 0 Å². The van der Waals surface area contributed by atoms with Crippen molar-refractivity contribution in [3.05, 3.63) is 113 Å². The van der Waals surface area contributed by atoms with Crippen LogP contribution in [0, 0.1) is 12.3 Å². The highest BCUT2D eigenvalue weighted by Gasteiger charge is 2.46. The van der Waals surface area contributed by atoms with E-state index in [1.165, 1.54) is 23.4 Å². The summed E-state index contributed by atoms with van der Waals surface area (Å²) >= 11 is 12.5. The Hall–Kier alpha value is -4.74. The van der Waals surface area contributed by atoms with Crippen molar-refractivity contribution in [2.24, 2.45) is 0 Å². The lowest BCUT2D eigenvalue weighted by atomic mass is 9.89. The number of nitrogens with one attached hydrogen (secondary N) is 3. The van der Waals surface area contributed by atoms with Crippen molar-refractivity contribution in [3.8, 4) is 12.3 Å². The summed E-state index contributed by atoms with van der Waals surface area (Å²) in [6, 6.07) is 13.9. The lowest BCUT2D eigenvalue weighted by Gasteiger charge is -2.44. The Kier molecular flexibility index (Phi) is 13.5. The largest absolute Gasteiger partial charge is 0.377 e. The Balaban J connectivity index is 1.04. The fourth-order valence-electron chi connectivity index (χ4n) is 8.54. The Morgan fingerprint density at radius 2 is 1.78 bits per heavy atom. The van der Waals surface area contributed by atoms with E-state index in [0.717, 1.165) is 82.4 Å². The van der Waals surface area contributed by atoms with Crippen molar-refractivity contribution in [3.63, 3.8) is 0 Å². The number of anilines is 4. The number of pyridine rings is 1. The standard InChI is InChI=1S/C46H56BClF2N8OS/c1-10-33-19-38(58-44(60)57(32(7)45(58,8)9)39-23-40(46(47,49)50)41(11-2)51-24-39)16-15-34(33)13-12-18-55-25-30(5)56(26-29(55)4)27-43(59)54-37-21-35(48)20-36(22-37)53-42-17-14-28(3)52-31(42)6/h2,15-16,19-24,29-30,42,52-53H,3,6-7,10,12-14,17-18,25-27,47H2,1,4-5,8-9H3,(H,54,59)/t29-,30-,42?/m1/s1. The second kappa shape index (κ2) is 18.1. The predicted molar refractivity (Wildman–Crippen MR) is 250 cm³/mol. The molecule has 1 amide bonds. The number of rotatable bonds is 13. The highest BCUT2D eigenvalue weighted by Crippen LogP contribution is 2.43. The molecule has 1 aromatic heterocycles. The summed E-state index contributed by atoms with van der Waals surface area (Å²) < 4.78 is 29.1. The molecule has 3 saturated heterocycles. The van der Waals surface area contributed by atoms with Gasteiger partial charge in [-0.25, -0.2) is 13.8 Å². The maximum Gasteiger partial charge on any atom is 0.238 e. The van der Waals surface area contributed by atoms with E-state index in [9.17, 15) is 13.6 Å². The van der Waals surface area contributed by atoms with Crippen LogP contribution in [0.3, 0.4) is 0 Å². The van der Waals surface area contributed by atoms with E-state index in [1.54, 1.807) is 11.0 Å². The molecule has 60 heavy (non-hydrogen) atoms. The van der Waals surface area contributed by atoms with E-state index < -0.39 is 11.4 Å². The van der Waals surface area contributed by atoms with Crippen LogP contribution in [0.5, 0.6) is 0 Å². The number of aryl methyl sites for hydroxylation is 2. The summed E-state index contributed by atoms with van der Waals surface area (Å²) in [4.78, 5) is 26.0. The van der Waals surface area contributed by atoms with Gasteiger partial charge < -0.3 is 20.9 Å². The fraction of sp³-hybridized carbons (Fsp3) is 0.413. The van der Waals surface area contributed by atoms with Gasteiger partial charge in [0.2, 0.25) is 11.7 Å². The summed E-state index contributed by atoms with van der Waals surface area (Å²) in [5, 5.41) is 10.7. The Morgan fingerprint density at radius 1 is 1.08 bits per heavy atom. The minimum Gasteiger partial charge on any atom is -0.377 e. The summed E-state index contributed by atoms with van der Waals surface area (Å²) in [5.74, 6) is -0.983. The maximum atomic E-state index is 14.6.